The highest BCUT2D eigenvalue weighted by Crippen LogP contribution is 2.23. The molecule has 140 valence electrons. The van der Waals surface area contributed by atoms with E-state index in [1.807, 2.05) is 19.2 Å². The van der Waals surface area contributed by atoms with Crippen molar-refractivity contribution in [3.8, 4) is 0 Å². The second kappa shape index (κ2) is 7.61. The minimum absolute atomic E-state index is 0.103. The van der Waals surface area contributed by atoms with Crippen molar-refractivity contribution in [3.63, 3.8) is 0 Å². The molecule has 2 aromatic heterocycles. The summed E-state index contributed by atoms with van der Waals surface area (Å²) in [5.74, 6) is 0.888. The van der Waals surface area contributed by atoms with Crippen LogP contribution in [-0.2, 0) is 7.05 Å². The third-order valence-corrected chi connectivity index (χ3v) is 5.45. The average molecular weight is 356 g/mol. The molecule has 0 radical (unpaired) electrons. The fourth-order valence-electron chi connectivity index (χ4n) is 3.99. The molecule has 4 rings (SSSR count). The number of nitrogens with one attached hydrogen (secondary N) is 2. The molecule has 1 atom stereocenters. The second-order valence-corrected chi connectivity index (χ2v) is 7.43. The lowest BCUT2D eigenvalue weighted by atomic mass is 10.1. The average Bonchev–Trinajstić information content (AvgIpc) is 2.84. The van der Waals surface area contributed by atoms with E-state index in [2.05, 4.69) is 20.6 Å². The normalized spacial score (nSPS) is 21.6. The van der Waals surface area contributed by atoms with E-state index in [0.717, 1.165) is 55.9 Å². The maximum absolute atomic E-state index is 12.7. The molecule has 1 unspecified atom stereocenters. The van der Waals surface area contributed by atoms with E-state index in [1.165, 1.54) is 25.7 Å². The van der Waals surface area contributed by atoms with Crippen molar-refractivity contribution >= 4 is 22.8 Å². The number of hydrogen-bond donors (Lipinski definition) is 2. The molecule has 26 heavy (non-hydrogen) atoms. The van der Waals surface area contributed by atoms with Crippen LogP contribution in [0.3, 0.4) is 0 Å². The zero-order chi connectivity index (χ0) is 17.9. The number of nitrogens with zero attached hydrogens (tertiary/aromatic N) is 4. The van der Waals surface area contributed by atoms with Gasteiger partial charge >= 0.3 is 0 Å². The van der Waals surface area contributed by atoms with Crippen molar-refractivity contribution in [1.29, 1.82) is 0 Å². The largest absolute Gasteiger partial charge is 0.357 e. The summed E-state index contributed by atoms with van der Waals surface area (Å²) >= 11 is 0. The van der Waals surface area contributed by atoms with Crippen molar-refractivity contribution in [2.45, 2.75) is 44.6 Å². The minimum atomic E-state index is -0.103. The molecule has 2 saturated heterocycles. The predicted molar refractivity (Wildman–Crippen MR) is 103 cm³/mol. The van der Waals surface area contributed by atoms with Crippen LogP contribution in [0.2, 0.25) is 0 Å². The van der Waals surface area contributed by atoms with Gasteiger partial charge in [-0.3, -0.25) is 4.79 Å². The molecule has 1 amide bonds. The van der Waals surface area contributed by atoms with E-state index in [0.29, 0.717) is 5.69 Å². The van der Waals surface area contributed by atoms with Crippen LogP contribution in [0.15, 0.2) is 12.1 Å². The van der Waals surface area contributed by atoms with Crippen LogP contribution in [0.5, 0.6) is 0 Å². The SMILES string of the molecule is Cn1nc(C(=O)NC2CCCNC2)c2ccc(N3CCCCCC3)nc21. The van der Waals surface area contributed by atoms with Crippen LogP contribution in [0.1, 0.15) is 49.0 Å². The number of pyridine rings is 1. The first-order chi connectivity index (χ1) is 12.7. The predicted octanol–water partition coefficient (Wildman–Crippen LogP) is 1.83. The molecular weight excluding hydrogens is 328 g/mol. The van der Waals surface area contributed by atoms with Crippen molar-refractivity contribution in [1.82, 2.24) is 25.4 Å². The summed E-state index contributed by atoms with van der Waals surface area (Å²) in [5.41, 5.74) is 1.25. The van der Waals surface area contributed by atoms with Crippen molar-refractivity contribution in [2.24, 2.45) is 7.05 Å². The molecule has 2 aromatic rings. The highest BCUT2D eigenvalue weighted by atomic mass is 16.2. The van der Waals surface area contributed by atoms with E-state index in [9.17, 15) is 4.79 Å². The van der Waals surface area contributed by atoms with Crippen molar-refractivity contribution in [2.75, 3.05) is 31.1 Å². The van der Waals surface area contributed by atoms with Crippen LogP contribution in [0.4, 0.5) is 5.82 Å². The summed E-state index contributed by atoms with van der Waals surface area (Å²) in [4.78, 5) is 19.9. The van der Waals surface area contributed by atoms with E-state index in [4.69, 9.17) is 4.98 Å². The summed E-state index contributed by atoms with van der Waals surface area (Å²) in [5, 5.41) is 11.7. The first-order valence-electron chi connectivity index (χ1n) is 9.82. The number of anilines is 1. The third-order valence-electron chi connectivity index (χ3n) is 5.45. The van der Waals surface area contributed by atoms with Gasteiger partial charge in [-0.2, -0.15) is 5.10 Å². The standard InChI is InChI=1S/C19H28N6O/c1-24-18-15(8-9-16(22-18)25-11-4-2-3-5-12-25)17(23-24)19(26)21-14-7-6-10-20-13-14/h8-9,14,20H,2-7,10-13H2,1H3,(H,21,26). The molecule has 0 aromatic carbocycles. The number of carbonyl (C=O) groups excluding carboxylic acids is 1. The van der Waals surface area contributed by atoms with E-state index >= 15 is 0 Å². The maximum atomic E-state index is 12.7. The van der Waals surface area contributed by atoms with Gasteiger partial charge in [0.05, 0.1) is 5.39 Å². The Morgan fingerprint density at radius 1 is 1.19 bits per heavy atom. The molecule has 2 aliphatic rings. The molecule has 2 aliphatic heterocycles. The van der Waals surface area contributed by atoms with E-state index in [1.54, 1.807) is 4.68 Å². The molecule has 2 N–H and O–H groups in total. The summed E-state index contributed by atoms with van der Waals surface area (Å²) in [6.45, 7) is 3.96. The Morgan fingerprint density at radius 2 is 2.00 bits per heavy atom. The zero-order valence-corrected chi connectivity index (χ0v) is 15.5. The van der Waals surface area contributed by atoms with Gasteiger partial charge in [0.15, 0.2) is 11.3 Å². The van der Waals surface area contributed by atoms with Gasteiger partial charge in [0.2, 0.25) is 0 Å². The smallest absolute Gasteiger partial charge is 0.272 e. The molecule has 4 heterocycles. The zero-order valence-electron chi connectivity index (χ0n) is 15.5. The Labute approximate surface area is 154 Å². The van der Waals surface area contributed by atoms with Crippen molar-refractivity contribution in [3.05, 3.63) is 17.8 Å². The Hall–Kier alpha value is -2.15. The summed E-state index contributed by atoms with van der Waals surface area (Å²) in [7, 11) is 1.86. The number of fused-ring (bicyclic) bond motifs is 1. The van der Waals surface area contributed by atoms with Gasteiger partial charge in [-0.05, 0) is 44.4 Å². The number of aromatic nitrogens is 3. The van der Waals surface area contributed by atoms with E-state index in [-0.39, 0.29) is 11.9 Å². The topological polar surface area (TPSA) is 75.1 Å². The Bertz CT molecular complexity index is 772. The van der Waals surface area contributed by atoms with Crippen LogP contribution in [0.25, 0.3) is 11.0 Å². The summed E-state index contributed by atoms with van der Waals surface area (Å²) in [6, 6.07) is 4.22. The van der Waals surface area contributed by atoms with Gasteiger partial charge < -0.3 is 15.5 Å². The molecule has 0 saturated carbocycles. The fourth-order valence-corrected chi connectivity index (χ4v) is 3.99. The van der Waals surface area contributed by atoms with Gasteiger partial charge in [0.1, 0.15) is 5.82 Å². The van der Waals surface area contributed by atoms with E-state index < -0.39 is 0 Å². The fraction of sp³-hybridized carbons (Fsp3) is 0.632. The first-order valence-corrected chi connectivity index (χ1v) is 9.82. The number of hydrogen-bond acceptors (Lipinski definition) is 5. The Kier molecular flexibility index (Phi) is 5.06. The van der Waals surface area contributed by atoms with Gasteiger partial charge in [-0.15, -0.1) is 0 Å². The van der Waals surface area contributed by atoms with Crippen LogP contribution >= 0.6 is 0 Å². The van der Waals surface area contributed by atoms with Crippen LogP contribution < -0.4 is 15.5 Å². The van der Waals surface area contributed by atoms with Gasteiger partial charge in [-0.25, -0.2) is 9.67 Å². The highest BCUT2D eigenvalue weighted by molar-refractivity contribution is 6.04. The molecule has 0 spiro atoms. The lowest BCUT2D eigenvalue weighted by molar-refractivity contribution is 0.0926. The summed E-state index contributed by atoms with van der Waals surface area (Å²) < 4.78 is 1.73. The summed E-state index contributed by atoms with van der Waals surface area (Å²) in [6.07, 6.45) is 7.13. The Morgan fingerprint density at radius 3 is 2.73 bits per heavy atom. The third kappa shape index (κ3) is 3.53. The molecule has 7 nitrogen and oxygen atoms in total. The van der Waals surface area contributed by atoms with Gasteiger partial charge in [-0.1, -0.05) is 12.8 Å². The number of amides is 1. The first kappa shape index (κ1) is 17.3. The highest BCUT2D eigenvalue weighted by Gasteiger charge is 2.22. The second-order valence-electron chi connectivity index (χ2n) is 7.43. The number of rotatable bonds is 3. The quantitative estimate of drug-likeness (QED) is 0.878. The number of aryl methyl sites for hydroxylation is 1. The minimum Gasteiger partial charge on any atom is -0.357 e. The lowest BCUT2D eigenvalue weighted by Gasteiger charge is -2.23. The number of piperidine rings is 1. The molecule has 2 fully saturated rings. The van der Waals surface area contributed by atoms with Crippen LogP contribution in [0, 0.1) is 0 Å². The molecule has 0 bridgehead atoms. The van der Waals surface area contributed by atoms with Gasteiger partial charge in [0, 0.05) is 32.7 Å². The Balaban J connectivity index is 1.57. The molecular formula is C19H28N6O. The van der Waals surface area contributed by atoms with Crippen LogP contribution in [-0.4, -0.2) is 52.9 Å². The number of carbonyl (C=O) groups is 1. The van der Waals surface area contributed by atoms with Crippen molar-refractivity contribution < 1.29 is 4.79 Å². The molecule has 0 aliphatic carbocycles. The van der Waals surface area contributed by atoms with Gasteiger partial charge in [0.25, 0.3) is 5.91 Å². The molecule has 7 heteroatoms. The lowest BCUT2D eigenvalue weighted by Crippen LogP contribution is -2.45. The maximum Gasteiger partial charge on any atom is 0.272 e. The monoisotopic (exact) mass is 356 g/mol.